The average molecular weight is 317 g/mol. The molecule has 0 spiro atoms. The van der Waals surface area contributed by atoms with Gasteiger partial charge in [-0.2, -0.15) is 0 Å². The summed E-state index contributed by atoms with van der Waals surface area (Å²) in [6.45, 7) is 0.718. The normalized spacial score (nSPS) is 13.6. The molecule has 0 unspecified atom stereocenters. The number of anilines is 2. The van der Waals surface area contributed by atoms with Crippen LogP contribution in [-0.4, -0.2) is 20.9 Å². The van der Waals surface area contributed by atoms with E-state index in [4.69, 9.17) is 21.1 Å². The molecule has 0 bridgehead atoms. The van der Waals surface area contributed by atoms with Gasteiger partial charge in [-0.25, -0.2) is 0 Å². The second-order valence-electron chi connectivity index (χ2n) is 4.90. The smallest absolute Gasteiger partial charge is 0.162 e. The monoisotopic (exact) mass is 316 g/mol. The van der Waals surface area contributed by atoms with Crippen LogP contribution >= 0.6 is 11.6 Å². The van der Waals surface area contributed by atoms with E-state index in [2.05, 4.69) is 9.80 Å². The highest BCUT2D eigenvalue weighted by Crippen LogP contribution is 2.33. The Balaban J connectivity index is 1.80. The molecule has 2 aromatic carbocycles. The summed E-state index contributed by atoms with van der Waals surface area (Å²) in [5, 5.41) is 0.732. The molecule has 0 saturated heterocycles. The number of rotatable bonds is 4. The number of nitrogens with zero attached hydrogens (tertiary/aromatic N) is 2. The van der Waals surface area contributed by atoms with Crippen molar-refractivity contribution in [2.24, 2.45) is 0 Å². The lowest BCUT2D eigenvalue weighted by molar-refractivity contribution is 0.355. The van der Waals surface area contributed by atoms with Crippen molar-refractivity contribution in [2.75, 3.05) is 30.7 Å². The van der Waals surface area contributed by atoms with Crippen molar-refractivity contribution in [3.8, 4) is 11.5 Å². The largest absolute Gasteiger partial charge is 0.493 e. The van der Waals surface area contributed by atoms with E-state index in [-0.39, 0.29) is 0 Å². The van der Waals surface area contributed by atoms with Crippen LogP contribution in [0.5, 0.6) is 11.5 Å². The van der Waals surface area contributed by atoms with Gasteiger partial charge in [-0.05, 0) is 30.3 Å². The minimum absolute atomic E-state index is 0.717. The fourth-order valence-electron chi connectivity index (χ4n) is 2.41. The molecule has 0 aliphatic carbocycles. The summed E-state index contributed by atoms with van der Waals surface area (Å²) in [6.07, 6.45) is 4.06. The summed E-state index contributed by atoms with van der Waals surface area (Å²) >= 11 is 6.05. The van der Waals surface area contributed by atoms with Crippen molar-refractivity contribution in [3.05, 3.63) is 59.9 Å². The Bertz CT molecular complexity index is 703. The number of halogens is 1. The third-order valence-corrected chi connectivity index (χ3v) is 3.80. The quantitative estimate of drug-likeness (QED) is 0.847. The molecular weight excluding hydrogens is 300 g/mol. The average Bonchev–Trinajstić information content (AvgIpc) is 3.04. The molecule has 1 heterocycles. The lowest BCUT2D eigenvalue weighted by Crippen LogP contribution is -2.24. The van der Waals surface area contributed by atoms with Gasteiger partial charge in [-0.1, -0.05) is 17.7 Å². The molecule has 1 aliphatic heterocycles. The van der Waals surface area contributed by atoms with Crippen LogP contribution in [0.2, 0.25) is 5.02 Å². The third kappa shape index (κ3) is 2.83. The Kier molecular flexibility index (Phi) is 4.11. The van der Waals surface area contributed by atoms with Crippen molar-refractivity contribution in [1.82, 2.24) is 0 Å². The number of hydrogen-bond acceptors (Lipinski definition) is 4. The van der Waals surface area contributed by atoms with E-state index in [1.54, 1.807) is 14.2 Å². The van der Waals surface area contributed by atoms with Crippen molar-refractivity contribution < 1.29 is 9.47 Å². The van der Waals surface area contributed by atoms with E-state index < -0.39 is 0 Å². The zero-order valence-corrected chi connectivity index (χ0v) is 13.2. The van der Waals surface area contributed by atoms with Gasteiger partial charge in [0, 0.05) is 34.9 Å². The predicted molar refractivity (Wildman–Crippen MR) is 90.0 cm³/mol. The third-order valence-electron chi connectivity index (χ3n) is 3.57. The van der Waals surface area contributed by atoms with Crippen LogP contribution in [0.25, 0.3) is 0 Å². The SMILES string of the molecule is COc1ccc(N2C=CN(c3cccc(Cl)c3)C2)cc1OC. The second kappa shape index (κ2) is 6.20. The second-order valence-corrected chi connectivity index (χ2v) is 5.33. The molecule has 0 amide bonds. The Morgan fingerprint density at radius 2 is 1.55 bits per heavy atom. The van der Waals surface area contributed by atoms with Crippen LogP contribution in [0, 0.1) is 0 Å². The molecule has 0 fully saturated rings. The maximum absolute atomic E-state index is 6.05. The molecule has 114 valence electrons. The first kappa shape index (κ1) is 14.6. The van der Waals surface area contributed by atoms with Crippen LogP contribution in [0.1, 0.15) is 0 Å². The molecule has 22 heavy (non-hydrogen) atoms. The molecular formula is C17H17ClN2O2. The number of methoxy groups -OCH3 is 2. The highest BCUT2D eigenvalue weighted by atomic mass is 35.5. The lowest BCUT2D eigenvalue weighted by atomic mass is 10.2. The predicted octanol–water partition coefficient (Wildman–Crippen LogP) is 4.11. The van der Waals surface area contributed by atoms with Crippen molar-refractivity contribution in [3.63, 3.8) is 0 Å². The van der Waals surface area contributed by atoms with Crippen LogP contribution in [0.4, 0.5) is 11.4 Å². The van der Waals surface area contributed by atoms with Crippen LogP contribution in [-0.2, 0) is 0 Å². The van der Waals surface area contributed by atoms with Gasteiger partial charge in [-0.3, -0.25) is 0 Å². The first-order valence-electron chi connectivity index (χ1n) is 6.90. The summed E-state index contributed by atoms with van der Waals surface area (Å²) in [5.74, 6) is 1.44. The van der Waals surface area contributed by atoms with E-state index in [0.717, 1.165) is 34.6 Å². The maximum Gasteiger partial charge on any atom is 0.162 e. The van der Waals surface area contributed by atoms with Gasteiger partial charge in [-0.15, -0.1) is 0 Å². The topological polar surface area (TPSA) is 24.9 Å². The fraction of sp³-hybridized carbons (Fsp3) is 0.176. The first-order valence-corrected chi connectivity index (χ1v) is 7.28. The molecule has 3 rings (SSSR count). The summed E-state index contributed by atoms with van der Waals surface area (Å²) in [7, 11) is 3.27. The molecule has 0 saturated carbocycles. The van der Waals surface area contributed by atoms with E-state index >= 15 is 0 Å². The van der Waals surface area contributed by atoms with Gasteiger partial charge >= 0.3 is 0 Å². The lowest BCUT2D eigenvalue weighted by Gasteiger charge is -2.22. The van der Waals surface area contributed by atoms with Gasteiger partial charge in [0.2, 0.25) is 0 Å². The maximum atomic E-state index is 6.05. The summed E-state index contributed by atoms with van der Waals surface area (Å²) < 4.78 is 10.6. The zero-order valence-electron chi connectivity index (χ0n) is 12.5. The van der Waals surface area contributed by atoms with Crippen molar-refractivity contribution in [1.29, 1.82) is 0 Å². The highest BCUT2D eigenvalue weighted by molar-refractivity contribution is 6.30. The number of benzene rings is 2. The van der Waals surface area contributed by atoms with E-state index in [0.29, 0.717) is 0 Å². The van der Waals surface area contributed by atoms with Gasteiger partial charge in [0.25, 0.3) is 0 Å². The molecule has 1 aliphatic rings. The molecule has 0 N–H and O–H groups in total. The fourth-order valence-corrected chi connectivity index (χ4v) is 2.60. The minimum atomic E-state index is 0.717. The van der Waals surface area contributed by atoms with Gasteiger partial charge in [0.05, 0.1) is 20.9 Å². The Labute approximate surface area is 135 Å². The molecule has 2 aromatic rings. The Hall–Kier alpha value is -2.33. The number of ether oxygens (including phenoxy) is 2. The van der Waals surface area contributed by atoms with Crippen LogP contribution < -0.4 is 19.3 Å². The summed E-state index contributed by atoms with van der Waals surface area (Å²) in [5.41, 5.74) is 2.10. The molecule has 5 heteroatoms. The van der Waals surface area contributed by atoms with E-state index in [1.165, 1.54) is 0 Å². The van der Waals surface area contributed by atoms with Crippen molar-refractivity contribution >= 4 is 23.0 Å². The van der Waals surface area contributed by atoms with Crippen LogP contribution in [0.3, 0.4) is 0 Å². The molecule has 0 aromatic heterocycles. The molecule has 4 nitrogen and oxygen atoms in total. The van der Waals surface area contributed by atoms with Gasteiger partial charge in [0.15, 0.2) is 11.5 Å². The molecule has 0 radical (unpaired) electrons. The minimum Gasteiger partial charge on any atom is -0.493 e. The molecule has 0 atom stereocenters. The summed E-state index contributed by atoms with van der Waals surface area (Å²) in [4.78, 5) is 4.26. The van der Waals surface area contributed by atoms with Gasteiger partial charge in [0.1, 0.15) is 0 Å². The van der Waals surface area contributed by atoms with E-state index in [1.807, 2.05) is 54.9 Å². The Morgan fingerprint density at radius 1 is 0.864 bits per heavy atom. The Morgan fingerprint density at radius 3 is 2.18 bits per heavy atom. The summed E-state index contributed by atoms with van der Waals surface area (Å²) in [6, 6.07) is 13.7. The highest BCUT2D eigenvalue weighted by Gasteiger charge is 2.17. The standard InChI is InChI=1S/C17H17ClN2O2/c1-21-16-7-6-15(11-17(16)22-2)20-9-8-19(12-20)14-5-3-4-13(18)10-14/h3-11H,12H2,1-2H3. The van der Waals surface area contributed by atoms with Crippen molar-refractivity contribution in [2.45, 2.75) is 0 Å². The van der Waals surface area contributed by atoms with Crippen LogP contribution in [0.15, 0.2) is 54.9 Å². The van der Waals surface area contributed by atoms with Gasteiger partial charge < -0.3 is 19.3 Å². The number of hydrogen-bond donors (Lipinski definition) is 0. The van der Waals surface area contributed by atoms with E-state index in [9.17, 15) is 0 Å². The first-order chi connectivity index (χ1) is 10.7. The zero-order chi connectivity index (χ0) is 15.5.